The fraction of sp³-hybridized carbons (Fsp3) is 0.423. The van der Waals surface area contributed by atoms with Gasteiger partial charge in [0.25, 0.3) is 0 Å². The second-order valence-electron chi connectivity index (χ2n) is 8.84. The summed E-state index contributed by atoms with van der Waals surface area (Å²) in [6.45, 7) is 5.58. The maximum Gasteiger partial charge on any atom is 0.407 e. The number of carbonyl (C=O) groups excluding carboxylic acids is 2. The van der Waals surface area contributed by atoms with Gasteiger partial charge in [0.2, 0.25) is 5.91 Å². The molecule has 4 rings (SSSR count). The van der Waals surface area contributed by atoms with Crippen LogP contribution in [0.5, 0.6) is 0 Å². The van der Waals surface area contributed by atoms with E-state index in [0.29, 0.717) is 12.2 Å². The van der Waals surface area contributed by atoms with E-state index >= 15 is 0 Å². The van der Waals surface area contributed by atoms with Crippen molar-refractivity contribution in [1.29, 1.82) is 0 Å². The van der Waals surface area contributed by atoms with Gasteiger partial charge < -0.3 is 20.1 Å². The number of carbonyl (C=O) groups is 3. The molecular formula is C26H30N2O5S. The van der Waals surface area contributed by atoms with Crippen LogP contribution in [-0.4, -0.2) is 57.8 Å². The quantitative estimate of drug-likeness (QED) is 0.610. The number of fused-ring (bicyclic) bond motifs is 3. The summed E-state index contributed by atoms with van der Waals surface area (Å²) < 4.78 is 5.59. The lowest BCUT2D eigenvalue weighted by Crippen LogP contribution is -2.51. The lowest BCUT2D eigenvalue weighted by Gasteiger charge is -2.31. The molecule has 2 N–H and O–H groups in total. The molecule has 0 saturated carbocycles. The Balaban J connectivity index is 1.38. The number of alkyl carbamates (subject to hydrolysis) is 1. The largest absolute Gasteiger partial charge is 0.480 e. The number of ether oxygens (including phenoxy) is 1. The Morgan fingerprint density at radius 1 is 1.09 bits per heavy atom. The minimum absolute atomic E-state index is 0.0456. The van der Waals surface area contributed by atoms with Gasteiger partial charge in [0.15, 0.2) is 0 Å². The summed E-state index contributed by atoms with van der Waals surface area (Å²) >= 11 is 1.48. The van der Waals surface area contributed by atoms with Crippen LogP contribution in [0.4, 0.5) is 4.79 Å². The number of carboxylic acid groups (broad SMARTS) is 1. The van der Waals surface area contributed by atoms with Gasteiger partial charge in [-0.2, -0.15) is 0 Å². The summed E-state index contributed by atoms with van der Waals surface area (Å²) in [7, 11) is 0. The molecule has 0 radical (unpaired) electrons. The van der Waals surface area contributed by atoms with E-state index in [-0.39, 0.29) is 23.8 Å². The molecule has 1 aliphatic carbocycles. The van der Waals surface area contributed by atoms with Crippen molar-refractivity contribution < 1.29 is 24.2 Å². The predicted molar refractivity (Wildman–Crippen MR) is 132 cm³/mol. The number of nitrogens with zero attached hydrogens (tertiary/aromatic N) is 1. The Kier molecular flexibility index (Phi) is 7.16. The van der Waals surface area contributed by atoms with Gasteiger partial charge in [0.1, 0.15) is 12.6 Å². The first kappa shape index (κ1) is 24.1. The number of hydrogen-bond donors (Lipinski definition) is 2. The molecule has 180 valence electrons. The summed E-state index contributed by atoms with van der Waals surface area (Å²) in [6, 6.07) is 14.9. The van der Waals surface area contributed by atoms with E-state index in [1.807, 2.05) is 31.2 Å². The lowest BCUT2D eigenvalue weighted by atomic mass is 9.98. The molecule has 1 heterocycles. The van der Waals surface area contributed by atoms with Gasteiger partial charge in [-0.25, -0.2) is 9.59 Å². The zero-order chi connectivity index (χ0) is 24.4. The van der Waals surface area contributed by atoms with Crippen LogP contribution in [0, 0.1) is 5.92 Å². The topological polar surface area (TPSA) is 95.9 Å². The van der Waals surface area contributed by atoms with E-state index in [9.17, 15) is 19.5 Å². The normalized spacial score (nSPS) is 20.9. The van der Waals surface area contributed by atoms with Crippen molar-refractivity contribution in [3.8, 4) is 11.1 Å². The molecule has 2 aliphatic rings. The van der Waals surface area contributed by atoms with E-state index in [4.69, 9.17) is 4.74 Å². The highest BCUT2D eigenvalue weighted by Crippen LogP contribution is 2.44. The molecule has 8 heteroatoms. The third kappa shape index (κ3) is 4.51. The van der Waals surface area contributed by atoms with Crippen LogP contribution in [0.25, 0.3) is 11.1 Å². The van der Waals surface area contributed by atoms with Crippen molar-refractivity contribution in [1.82, 2.24) is 10.2 Å². The molecule has 7 nitrogen and oxygen atoms in total. The van der Waals surface area contributed by atoms with Gasteiger partial charge in [0, 0.05) is 17.7 Å². The highest BCUT2D eigenvalue weighted by atomic mass is 32.2. The van der Waals surface area contributed by atoms with Gasteiger partial charge in [-0.1, -0.05) is 62.4 Å². The molecule has 2 amide bonds. The van der Waals surface area contributed by atoms with Crippen LogP contribution in [0.1, 0.15) is 44.2 Å². The van der Waals surface area contributed by atoms with Crippen LogP contribution < -0.4 is 5.32 Å². The van der Waals surface area contributed by atoms with Crippen molar-refractivity contribution >= 4 is 29.7 Å². The van der Waals surface area contributed by atoms with Crippen molar-refractivity contribution in [2.45, 2.75) is 50.6 Å². The first-order valence-electron chi connectivity index (χ1n) is 11.6. The highest BCUT2D eigenvalue weighted by Gasteiger charge is 2.43. The third-order valence-corrected chi connectivity index (χ3v) is 8.26. The average Bonchev–Trinajstić information content (AvgIpc) is 3.41. The molecular weight excluding hydrogens is 452 g/mol. The number of nitrogens with one attached hydrogen (secondary N) is 1. The molecule has 2 aromatic carbocycles. The van der Waals surface area contributed by atoms with Gasteiger partial charge in [-0.3, -0.25) is 4.79 Å². The fourth-order valence-electron chi connectivity index (χ4n) is 4.76. The standard InChI is InChI=1S/C26H30N2O5S/c1-4-23-28(22(14-34-23)25(30)31)24(29)15(2)16(3)27-26(32)33-13-21-19-11-7-5-9-17(19)18-10-6-8-12-20(18)21/h5-12,15-16,21-23H,4,13-14H2,1-3H3,(H,27,32)(H,30,31). The summed E-state index contributed by atoms with van der Waals surface area (Å²) in [4.78, 5) is 38.9. The Morgan fingerprint density at radius 2 is 1.68 bits per heavy atom. The lowest BCUT2D eigenvalue weighted by molar-refractivity contribution is -0.151. The maximum atomic E-state index is 13.2. The molecule has 0 aromatic heterocycles. The van der Waals surface area contributed by atoms with Gasteiger partial charge in [-0.15, -0.1) is 11.8 Å². The molecule has 0 spiro atoms. The van der Waals surface area contributed by atoms with Gasteiger partial charge in [0.05, 0.1) is 11.3 Å². The molecule has 4 atom stereocenters. The Bertz CT molecular complexity index is 1040. The number of rotatable bonds is 7. The van der Waals surface area contributed by atoms with Gasteiger partial charge >= 0.3 is 12.1 Å². The van der Waals surface area contributed by atoms with E-state index in [1.165, 1.54) is 16.7 Å². The minimum Gasteiger partial charge on any atom is -0.480 e. The van der Waals surface area contributed by atoms with Crippen LogP contribution in [0.3, 0.4) is 0 Å². The molecule has 1 saturated heterocycles. The smallest absolute Gasteiger partial charge is 0.407 e. The first-order valence-corrected chi connectivity index (χ1v) is 12.7. The zero-order valence-corrected chi connectivity index (χ0v) is 20.4. The van der Waals surface area contributed by atoms with Crippen molar-refractivity contribution in [2.24, 2.45) is 5.92 Å². The van der Waals surface area contributed by atoms with E-state index in [2.05, 4.69) is 29.6 Å². The van der Waals surface area contributed by atoms with Crippen LogP contribution in [-0.2, 0) is 14.3 Å². The number of amides is 2. The molecule has 2 aromatic rings. The molecule has 1 fully saturated rings. The van der Waals surface area contributed by atoms with Crippen molar-refractivity contribution in [2.75, 3.05) is 12.4 Å². The fourth-order valence-corrected chi connectivity index (χ4v) is 6.12. The number of benzene rings is 2. The second kappa shape index (κ2) is 10.1. The van der Waals surface area contributed by atoms with E-state index in [0.717, 1.165) is 22.3 Å². The third-order valence-electron chi connectivity index (χ3n) is 6.81. The summed E-state index contributed by atoms with van der Waals surface area (Å²) in [5.41, 5.74) is 4.57. The number of carboxylic acids is 1. The van der Waals surface area contributed by atoms with Crippen molar-refractivity contribution in [3.05, 3.63) is 59.7 Å². The summed E-state index contributed by atoms with van der Waals surface area (Å²) in [6.07, 6.45) is 0.0767. The molecule has 4 unspecified atom stereocenters. The summed E-state index contributed by atoms with van der Waals surface area (Å²) in [5, 5.41) is 12.1. The van der Waals surface area contributed by atoms with E-state index in [1.54, 1.807) is 13.8 Å². The van der Waals surface area contributed by atoms with E-state index < -0.39 is 30.1 Å². The second-order valence-corrected chi connectivity index (χ2v) is 10.1. The molecule has 1 aliphatic heterocycles. The Hall–Kier alpha value is -3.00. The van der Waals surface area contributed by atoms with Crippen LogP contribution in [0.2, 0.25) is 0 Å². The maximum absolute atomic E-state index is 13.2. The minimum atomic E-state index is -0.999. The van der Waals surface area contributed by atoms with Crippen molar-refractivity contribution in [3.63, 3.8) is 0 Å². The first-order chi connectivity index (χ1) is 16.3. The average molecular weight is 483 g/mol. The zero-order valence-electron chi connectivity index (χ0n) is 19.6. The predicted octanol–water partition coefficient (Wildman–Crippen LogP) is 4.31. The molecule has 0 bridgehead atoms. The Labute approximate surface area is 203 Å². The number of thioether (sulfide) groups is 1. The van der Waals surface area contributed by atoms with Crippen LogP contribution >= 0.6 is 11.8 Å². The molecule has 34 heavy (non-hydrogen) atoms. The Morgan fingerprint density at radius 3 is 2.24 bits per heavy atom. The summed E-state index contributed by atoms with van der Waals surface area (Å²) in [5.74, 6) is -1.52. The highest BCUT2D eigenvalue weighted by molar-refractivity contribution is 8.00. The van der Waals surface area contributed by atoms with Crippen LogP contribution in [0.15, 0.2) is 48.5 Å². The number of hydrogen-bond acceptors (Lipinski definition) is 5. The number of aliphatic carboxylic acids is 1. The SMILES string of the molecule is CCC1SCC(C(=O)O)N1C(=O)C(C)C(C)NC(=O)OCC1c2ccccc2-c2ccccc21. The monoisotopic (exact) mass is 482 g/mol. The van der Waals surface area contributed by atoms with Gasteiger partial charge in [-0.05, 0) is 35.6 Å².